The molecule has 39 heavy (non-hydrogen) atoms. The van der Waals surface area contributed by atoms with E-state index in [9.17, 15) is 9.59 Å². The van der Waals surface area contributed by atoms with Gasteiger partial charge in [0.25, 0.3) is 0 Å². The molecule has 0 saturated carbocycles. The minimum atomic E-state index is 0.0793. The van der Waals surface area contributed by atoms with E-state index >= 15 is 0 Å². The third-order valence-corrected chi connectivity index (χ3v) is 7.34. The molecule has 1 aromatic carbocycles. The van der Waals surface area contributed by atoms with Crippen molar-refractivity contribution in [2.24, 2.45) is 5.92 Å². The summed E-state index contributed by atoms with van der Waals surface area (Å²) in [5.41, 5.74) is 2.59. The Morgan fingerprint density at radius 1 is 1.10 bits per heavy atom. The minimum absolute atomic E-state index is 0.0793. The van der Waals surface area contributed by atoms with Gasteiger partial charge in [0.15, 0.2) is 0 Å². The van der Waals surface area contributed by atoms with Crippen LogP contribution in [0.25, 0.3) is 5.69 Å². The van der Waals surface area contributed by atoms with Gasteiger partial charge in [-0.25, -0.2) is 0 Å². The third-order valence-electron chi connectivity index (χ3n) is 6.93. The standard InChI is InChI=1S/C22H31N5O2.C7H12S.C2H6/c1-18-24-25-20(27(18)19-10-3-2-4-11-19)12-5-6-13-21(28)23-15-9-17-26-16-8-7-14-22(26)29;1-6-2-3-7(4-6)5-8;1-2/h2-4,10-11H,5-9,12-17H2,1H3,(H,23,28);3,6,8H,2,4-5H2,1H3;1-2H3. The van der Waals surface area contributed by atoms with Crippen molar-refractivity contribution in [3.8, 4) is 5.69 Å². The Hall–Kier alpha value is -2.61. The van der Waals surface area contributed by atoms with E-state index in [2.05, 4.69) is 45.7 Å². The van der Waals surface area contributed by atoms with Gasteiger partial charge in [-0.1, -0.05) is 50.6 Å². The molecule has 1 saturated heterocycles. The van der Waals surface area contributed by atoms with Crippen LogP contribution in [0.4, 0.5) is 0 Å². The Morgan fingerprint density at radius 3 is 2.51 bits per heavy atom. The van der Waals surface area contributed by atoms with Gasteiger partial charge in [-0.2, -0.15) is 12.6 Å². The van der Waals surface area contributed by atoms with Crippen molar-refractivity contribution in [1.29, 1.82) is 0 Å². The molecule has 1 aromatic heterocycles. The molecule has 8 heteroatoms. The number of amides is 2. The average molecular weight is 556 g/mol. The lowest BCUT2D eigenvalue weighted by Crippen LogP contribution is -2.37. The van der Waals surface area contributed by atoms with Crippen LogP contribution >= 0.6 is 12.6 Å². The van der Waals surface area contributed by atoms with Crippen molar-refractivity contribution in [1.82, 2.24) is 25.0 Å². The fourth-order valence-corrected chi connectivity index (χ4v) is 5.10. The van der Waals surface area contributed by atoms with E-state index in [-0.39, 0.29) is 11.8 Å². The molecular weight excluding hydrogens is 506 g/mol. The van der Waals surface area contributed by atoms with Crippen molar-refractivity contribution < 1.29 is 9.59 Å². The van der Waals surface area contributed by atoms with Crippen LogP contribution in [0, 0.1) is 12.8 Å². The van der Waals surface area contributed by atoms with Crippen LogP contribution in [0.5, 0.6) is 0 Å². The number of aromatic nitrogens is 3. The van der Waals surface area contributed by atoms with Crippen LogP contribution < -0.4 is 5.32 Å². The maximum Gasteiger partial charge on any atom is 0.222 e. The molecule has 1 atom stereocenters. The first kappa shape index (κ1) is 32.6. The van der Waals surface area contributed by atoms with Crippen LogP contribution in [0.3, 0.4) is 0 Å². The van der Waals surface area contributed by atoms with Crippen molar-refractivity contribution in [3.05, 3.63) is 53.6 Å². The number of piperidine rings is 1. The lowest BCUT2D eigenvalue weighted by atomic mass is 10.1. The zero-order valence-corrected chi connectivity index (χ0v) is 25.4. The van der Waals surface area contributed by atoms with Gasteiger partial charge in [-0.05, 0) is 69.9 Å². The third kappa shape index (κ3) is 11.6. The lowest BCUT2D eigenvalue weighted by molar-refractivity contribution is -0.133. The quantitative estimate of drug-likeness (QED) is 0.199. The number of hydrogen-bond donors (Lipinski definition) is 2. The van der Waals surface area contributed by atoms with E-state index in [1.165, 1.54) is 18.4 Å². The molecule has 1 aliphatic heterocycles. The molecule has 0 bridgehead atoms. The molecule has 1 aliphatic carbocycles. The smallest absolute Gasteiger partial charge is 0.222 e. The SMILES string of the molecule is CC.CC1CC=C(CS)C1.Cc1nnc(CCCCC(=O)NCCCN2CCCCC2=O)n1-c1ccccc1. The van der Waals surface area contributed by atoms with Gasteiger partial charge in [-0.3, -0.25) is 14.2 Å². The predicted octanol–water partition coefficient (Wildman–Crippen LogP) is 6.11. The number of carbonyl (C=O) groups is 2. The molecule has 0 spiro atoms. The van der Waals surface area contributed by atoms with Crippen molar-refractivity contribution in [2.75, 3.05) is 25.4 Å². The first-order valence-corrected chi connectivity index (χ1v) is 15.4. The number of rotatable bonds is 11. The average Bonchev–Trinajstić information content (AvgIpc) is 3.56. The molecule has 0 radical (unpaired) electrons. The monoisotopic (exact) mass is 555 g/mol. The molecule has 2 heterocycles. The molecule has 2 aromatic rings. The Bertz CT molecular complexity index is 1020. The summed E-state index contributed by atoms with van der Waals surface area (Å²) < 4.78 is 2.07. The second-order valence-electron chi connectivity index (χ2n) is 10.1. The Balaban J connectivity index is 0.000000451. The molecule has 216 valence electrons. The van der Waals surface area contributed by atoms with Crippen LogP contribution in [-0.2, 0) is 16.0 Å². The van der Waals surface area contributed by atoms with E-state index in [4.69, 9.17) is 0 Å². The highest BCUT2D eigenvalue weighted by molar-refractivity contribution is 7.80. The number of unbranched alkanes of at least 4 members (excludes halogenated alkanes) is 1. The fraction of sp³-hybridized carbons (Fsp3) is 0.613. The highest BCUT2D eigenvalue weighted by Gasteiger charge is 2.17. The number of thiol groups is 1. The number of nitrogens with one attached hydrogen (secondary N) is 1. The van der Waals surface area contributed by atoms with E-state index in [0.717, 1.165) is 80.6 Å². The topological polar surface area (TPSA) is 80.1 Å². The first-order valence-electron chi connectivity index (χ1n) is 14.8. The highest BCUT2D eigenvalue weighted by atomic mass is 32.1. The number of hydrogen-bond acceptors (Lipinski definition) is 5. The lowest BCUT2D eigenvalue weighted by Gasteiger charge is -2.26. The first-order chi connectivity index (χ1) is 19.0. The number of nitrogens with zero attached hydrogens (tertiary/aromatic N) is 4. The van der Waals surface area contributed by atoms with Gasteiger partial charge in [0.1, 0.15) is 11.6 Å². The normalized spacial score (nSPS) is 16.5. The number of para-hydroxylation sites is 1. The van der Waals surface area contributed by atoms with Gasteiger partial charge >= 0.3 is 0 Å². The zero-order valence-electron chi connectivity index (χ0n) is 24.5. The molecule has 1 N–H and O–H groups in total. The van der Waals surface area contributed by atoms with Crippen LogP contribution in [0.2, 0.25) is 0 Å². The Kier molecular flexibility index (Phi) is 15.6. The molecular formula is C31H49N5O2S. The second kappa shape index (κ2) is 18.6. The molecule has 4 rings (SSSR count). The van der Waals surface area contributed by atoms with Crippen LogP contribution in [0.15, 0.2) is 42.0 Å². The number of likely N-dealkylation sites (tertiary alicyclic amines) is 1. The van der Waals surface area contributed by atoms with Gasteiger partial charge in [0.2, 0.25) is 11.8 Å². The van der Waals surface area contributed by atoms with Gasteiger partial charge < -0.3 is 10.2 Å². The van der Waals surface area contributed by atoms with E-state index in [0.29, 0.717) is 19.4 Å². The second-order valence-corrected chi connectivity index (χ2v) is 10.5. The van der Waals surface area contributed by atoms with Gasteiger partial charge in [-0.15, -0.1) is 10.2 Å². The van der Waals surface area contributed by atoms with E-state index < -0.39 is 0 Å². The maximum absolute atomic E-state index is 12.0. The van der Waals surface area contributed by atoms with Crippen molar-refractivity contribution >= 4 is 24.4 Å². The van der Waals surface area contributed by atoms with Gasteiger partial charge in [0, 0.05) is 50.3 Å². The summed E-state index contributed by atoms with van der Waals surface area (Å²) in [5, 5.41) is 11.5. The number of aryl methyl sites for hydroxylation is 2. The Labute approximate surface area is 241 Å². The summed E-state index contributed by atoms with van der Waals surface area (Å²) in [5.74, 6) is 3.98. The summed E-state index contributed by atoms with van der Waals surface area (Å²) >= 11 is 4.19. The van der Waals surface area contributed by atoms with Crippen LogP contribution in [-0.4, -0.2) is 56.9 Å². The summed E-state index contributed by atoms with van der Waals surface area (Å²) in [7, 11) is 0. The highest BCUT2D eigenvalue weighted by Crippen LogP contribution is 2.24. The largest absolute Gasteiger partial charge is 0.356 e. The van der Waals surface area contributed by atoms with E-state index in [1.807, 2.05) is 56.0 Å². The summed E-state index contributed by atoms with van der Waals surface area (Å²) in [4.78, 5) is 25.7. The van der Waals surface area contributed by atoms with E-state index in [1.54, 1.807) is 0 Å². The maximum atomic E-state index is 12.0. The predicted molar refractivity (Wildman–Crippen MR) is 163 cm³/mol. The fourth-order valence-electron chi connectivity index (χ4n) is 4.85. The zero-order chi connectivity index (χ0) is 28.5. The van der Waals surface area contributed by atoms with Crippen LogP contribution in [0.1, 0.15) is 90.2 Å². The Morgan fingerprint density at radius 2 is 1.87 bits per heavy atom. The molecule has 2 amide bonds. The molecule has 1 fully saturated rings. The molecule has 7 nitrogen and oxygen atoms in total. The summed E-state index contributed by atoms with van der Waals surface area (Å²) in [6.45, 7) is 10.5. The molecule has 2 aliphatic rings. The van der Waals surface area contributed by atoms with Crippen molar-refractivity contribution in [2.45, 2.75) is 91.9 Å². The number of benzene rings is 1. The minimum Gasteiger partial charge on any atom is -0.356 e. The van der Waals surface area contributed by atoms with Gasteiger partial charge in [0.05, 0.1) is 0 Å². The van der Waals surface area contributed by atoms with Crippen molar-refractivity contribution in [3.63, 3.8) is 0 Å². The molecule has 1 unspecified atom stereocenters. The number of allylic oxidation sites excluding steroid dienone is 1. The summed E-state index contributed by atoms with van der Waals surface area (Å²) in [6.07, 6.45) is 11.5. The number of carbonyl (C=O) groups excluding carboxylic acids is 2. The summed E-state index contributed by atoms with van der Waals surface area (Å²) in [6, 6.07) is 10.1.